The molecule has 0 unspecified atom stereocenters. The van der Waals surface area contributed by atoms with E-state index in [0.717, 1.165) is 57.8 Å². The highest BCUT2D eigenvalue weighted by Gasteiger charge is 2.24. The van der Waals surface area contributed by atoms with E-state index in [4.69, 9.17) is 19.8 Å². The average Bonchev–Trinajstić information content (AvgIpc) is 2.81. The number of aliphatic carboxylic acids is 2. The number of carbonyl (C=O) groups is 3. The lowest BCUT2D eigenvalue weighted by Gasteiger charge is -2.37. The van der Waals surface area contributed by atoms with E-state index >= 15 is 0 Å². The maximum Gasteiger partial charge on any atom is 0.414 e. The van der Waals surface area contributed by atoms with Crippen molar-refractivity contribution in [3.05, 3.63) is 59.7 Å². The predicted octanol–water partition coefficient (Wildman–Crippen LogP) is 2.64. The van der Waals surface area contributed by atoms with Crippen LogP contribution in [0.15, 0.2) is 48.5 Å². The van der Waals surface area contributed by atoms with E-state index in [0.29, 0.717) is 6.42 Å². The minimum Gasteiger partial charge on any atom is -0.473 e. The highest BCUT2D eigenvalue weighted by Crippen LogP contribution is 2.27. The molecule has 0 aliphatic carbocycles. The topological polar surface area (TPSA) is 101 Å². The first-order valence-corrected chi connectivity index (χ1v) is 11.2. The fourth-order valence-electron chi connectivity index (χ4n) is 4.25. The van der Waals surface area contributed by atoms with Crippen molar-refractivity contribution < 1.29 is 24.6 Å². The van der Waals surface area contributed by atoms with Crippen LogP contribution in [0, 0.1) is 6.92 Å². The Bertz CT molecular complexity index is 974. The van der Waals surface area contributed by atoms with Crippen molar-refractivity contribution in [2.45, 2.75) is 26.2 Å². The quantitative estimate of drug-likeness (QED) is 0.671. The first-order chi connectivity index (χ1) is 15.8. The highest BCUT2D eigenvalue weighted by atomic mass is 16.4. The molecule has 8 nitrogen and oxygen atoms in total. The Morgan fingerprint density at radius 3 is 2.24 bits per heavy atom. The van der Waals surface area contributed by atoms with E-state index in [1.807, 2.05) is 11.0 Å². The second-order valence-electron chi connectivity index (χ2n) is 8.31. The molecule has 2 aromatic carbocycles. The first-order valence-electron chi connectivity index (χ1n) is 11.2. The number of hydrogen-bond donors (Lipinski definition) is 2. The summed E-state index contributed by atoms with van der Waals surface area (Å²) in [4.78, 5) is 37.6. The van der Waals surface area contributed by atoms with Crippen LogP contribution in [0.3, 0.4) is 0 Å². The summed E-state index contributed by atoms with van der Waals surface area (Å²) >= 11 is 0. The largest absolute Gasteiger partial charge is 0.473 e. The molecular formula is C25H31N3O5. The van der Waals surface area contributed by atoms with Gasteiger partial charge in [-0.1, -0.05) is 30.3 Å². The van der Waals surface area contributed by atoms with Crippen LogP contribution in [0.4, 0.5) is 11.4 Å². The predicted molar refractivity (Wildman–Crippen MR) is 127 cm³/mol. The second-order valence-corrected chi connectivity index (χ2v) is 8.31. The van der Waals surface area contributed by atoms with Gasteiger partial charge in [0.05, 0.1) is 0 Å². The van der Waals surface area contributed by atoms with Crippen LogP contribution in [0.2, 0.25) is 0 Å². The minimum absolute atomic E-state index is 0.276. The van der Waals surface area contributed by atoms with Gasteiger partial charge < -0.3 is 20.0 Å². The van der Waals surface area contributed by atoms with Crippen molar-refractivity contribution >= 4 is 29.2 Å². The lowest BCUT2D eigenvalue weighted by Crippen LogP contribution is -2.47. The van der Waals surface area contributed by atoms with E-state index in [1.54, 1.807) is 0 Å². The van der Waals surface area contributed by atoms with Crippen molar-refractivity contribution in [3.63, 3.8) is 0 Å². The molecule has 2 N–H and O–H groups in total. The van der Waals surface area contributed by atoms with E-state index in [-0.39, 0.29) is 5.91 Å². The monoisotopic (exact) mass is 453 g/mol. The molecule has 0 aromatic heterocycles. The Kier molecular flexibility index (Phi) is 8.43. The molecule has 176 valence electrons. The molecule has 4 rings (SSSR count). The number of benzene rings is 2. The molecule has 33 heavy (non-hydrogen) atoms. The molecule has 8 heteroatoms. The summed E-state index contributed by atoms with van der Waals surface area (Å²) in [5, 5.41) is 14.8. The number of piperazine rings is 1. The fourth-order valence-corrected chi connectivity index (χ4v) is 4.25. The van der Waals surface area contributed by atoms with Crippen molar-refractivity contribution in [2.24, 2.45) is 0 Å². The van der Waals surface area contributed by atoms with Gasteiger partial charge in [-0.05, 0) is 55.6 Å². The van der Waals surface area contributed by atoms with Gasteiger partial charge in [0.15, 0.2) is 0 Å². The van der Waals surface area contributed by atoms with Gasteiger partial charge in [-0.3, -0.25) is 9.69 Å². The number of amides is 1. The lowest BCUT2D eigenvalue weighted by molar-refractivity contribution is -0.159. The third-order valence-electron chi connectivity index (χ3n) is 5.97. The van der Waals surface area contributed by atoms with Crippen molar-refractivity contribution in [1.29, 1.82) is 0 Å². The van der Waals surface area contributed by atoms with E-state index in [9.17, 15) is 4.79 Å². The zero-order chi connectivity index (χ0) is 23.8. The molecule has 1 saturated heterocycles. The van der Waals surface area contributed by atoms with Crippen LogP contribution < -0.4 is 9.80 Å². The Morgan fingerprint density at radius 1 is 0.879 bits per heavy atom. The number of rotatable bonds is 5. The summed E-state index contributed by atoms with van der Waals surface area (Å²) in [6.45, 7) is 8.39. The van der Waals surface area contributed by atoms with Crippen molar-refractivity contribution in [3.8, 4) is 0 Å². The molecule has 1 fully saturated rings. The SMILES string of the molecule is Cc1cccc(N2CCN(CCCN3C(=O)CCc4ccccc43)CC2)c1.O=C(O)C(=O)O. The zero-order valence-corrected chi connectivity index (χ0v) is 18.9. The van der Waals surface area contributed by atoms with Crippen LogP contribution in [0.1, 0.15) is 24.0 Å². The van der Waals surface area contributed by atoms with E-state index in [1.165, 1.54) is 16.8 Å². The van der Waals surface area contributed by atoms with Crippen molar-refractivity contribution in [2.75, 3.05) is 49.1 Å². The van der Waals surface area contributed by atoms with Crippen LogP contribution >= 0.6 is 0 Å². The standard InChI is InChI=1S/C23H29N3O.C2H2O4/c1-19-6-4-8-21(18-19)25-16-14-24(15-17-25)12-5-13-26-22-9-3-2-7-20(22)10-11-23(26)27;3-1(4)2(5)6/h2-4,6-9,18H,5,10-17H2,1H3;(H,3,4)(H,5,6). The van der Waals surface area contributed by atoms with Gasteiger partial charge in [-0.15, -0.1) is 0 Å². The number of fused-ring (bicyclic) bond motifs is 1. The van der Waals surface area contributed by atoms with Crippen molar-refractivity contribution in [1.82, 2.24) is 4.90 Å². The molecular weight excluding hydrogens is 422 g/mol. The number of hydrogen-bond acceptors (Lipinski definition) is 5. The van der Waals surface area contributed by atoms with Crippen LogP contribution in [0.5, 0.6) is 0 Å². The number of nitrogens with zero attached hydrogens (tertiary/aromatic N) is 3. The highest BCUT2D eigenvalue weighted by molar-refractivity contribution is 6.27. The molecule has 2 aliphatic rings. The lowest BCUT2D eigenvalue weighted by atomic mass is 10.0. The maximum absolute atomic E-state index is 12.4. The number of aryl methyl sites for hydroxylation is 2. The van der Waals surface area contributed by atoms with Gasteiger partial charge in [0, 0.05) is 50.5 Å². The molecule has 0 bridgehead atoms. The average molecular weight is 454 g/mol. The number of para-hydroxylation sites is 1. The molecule has 2 heterocycles. The van der Waals surface area contributed by atoms with Gasteiger partial charge in [-0.25, -0.2) is 9.59 Å². The minimum atomic E-state index is -1.82. The van der Waals surface area contributed by atoms with Gasteiger partial charge in [0.25, 0.3) is 0 Å². The van der Waals surface area contributed by atoms with Gasteiger partial charge in [0.1, 0.15) is 0 Å². The summed E-state index contributed by atoms with van der Waals surface area (Å²) in [5.41, 5.74) is 5.09. The molecule has 1 amide bonds. The Balaban J connectivity index is 0.000000454. The summed E-state index contributed by atoms with van der Waals surface area (Å²) in [7, 11) is 0. The molecule has 0 atom stereocenters. The van der Waals surface area contributed by atoms with E-state index in [2.05, 4.69) is 59.2 Å². The van der Waals surface area contributed by atoms with Gasteiger partial charge in [0.2, 0.25) is 5.91 Å². The summed E-state index contributed by atoms with van der Waals surface area (Å²) in [5.74, 6) is -3.37. The fraction of sp³-hybridized carbons (Fsp3) is 0.400. The van der Waals surface area contributed by atoms with Gasteiger partial charge in [-0.2, -0.15) is 0 Å². The number of carbonyl (C=O) groups excluding carboxylic acids is 1. The Labute approximate surface area is 194 Å². The first kappa shape index (κ1) is 24.3. The molecule has 0 spiro atoms. The molecule has 0 radical (unpaired) electrons. The summed E-state index contributed by atoms with van der Waals surface area (Å²) < 4.78 is 0. The van der Waals surface area contributed by atoms with Crippen LogP contribution in [0.25, 0.3) is 0 Å². The Hall–Kier alpha value is -3.39. The zero-order valence-electron chi connectivity index (χ0n) is 18.9. The third kappa shape index (κ3) is 6.79. The number of carboxylic acids is 2. The van der Waals surface area contributed by atoms with Gasteiger partial charge >= 0.3 is 11.9 Å². The molecule has 2 aliphatic heterocycles. The van der Waals surface area contributed by atoms with Crippen LogP contribution in [-0.4, -0.2) is 72.2 Å². The smallest absolute Gasteiger partial charge is 0.414 e. The Morgan fingerprint density at radius 2 is 1.58 bits per heavy atom. The summed E-state index contributed by atoms with van der Waals surface area (Å²) in [6, 6.07) is 17.1. The number of anilines is 2. The van der Waals surface area contributed by atoms with Crippen LogP contribution in [-0.2, 0) is 20.8 Å². The normalized spacial score (nSPS) is 16.0. The maximum atomic E-state index is 12.4. The van der Waals surface area contributed by atoms with E-state index < -0.39 is 11.9 Å². The molecule has 2 aromatic rings. The summed E-state index contributed by atoms with van der Waals surface area (Å²) in [6.07, 6.45) is 2.56. The second kappa shape index (κ2) is 11.5. The number of carboxylic acid groups (broad SMARTS) is 2. The molecule has 0 saturated carbocycles. The third-order valence-corrected chi connectivity index (χ3v) is 5.97.